The zero-order valence-electron chi connectivity index (χ0n) is 27.4. The molecule has 0 radical (unpaired) electrons. The van der Waals surface area contributed by atoms with Crippen LogP contribution in [-0.4, -0.2) is 30.3 Å². The lowest BCUT2D eigenvalue weighted by atomic mass is 9.81. The van der Waals surface area contributed by atoms with Crippen molar-refractivity contribution in [2.45, 2.75) is 122 Å². The number of allylic oxidation sites excluding steroid dienone is 2. The van der Waals surface area contributed by atoms with Gasteiger partial charge in [-0.3, -0.25) is 9.59 Å². The second-order valence-electron chi connectivity index (χ2n) is 10.3. The van der Waals surface area contributed by atoms with E-state index in [2.05, 4.69) is 40.7 Å². The summed E-state index contributed by atoms with van der Waals surface area (Å²) in [6.07, 6.45) is 7.63. The van der Waals surface area contributed by atoms with Crippen molar-refractivity contribution in [3.63, 3.8) is 0 Å². The Morgan fingerprint density at radius 3 is 1.74 bits per heavy atom. The van der Waals surface area contributed by atoms with E-state index in [-0.39, 0.29) is 25.2 Å². The quantitative estimate of drug-likeness (QED) is 0.282. The molecule has 5 nitrogen and oxygen atoms in total. The predicted molar refractivity (Wildman–Crippen MR) is 166 cm³/mol. The molecule has 228 valence electrons. The topological polar surface area (TPSA) is 72.8 Å². The van der Waals surface area contributed by atoms with Gasteiger partial charge in [-0.25, -0.2) is 0 Å². The Hall–Kier alpha value is -2.14. The van der Waals surface area contributed by atoms with Crippen LogP contribution in [0.3, 0.4) is 0 Å². The molecule has 5 heteroatoms. The fraction of sp³-hybridized carbons (Fsp3) is 0.706. The standard InChI is InChI=1S/C11H20O3.C9H10O2.C8H14.3C2H6/c1-9-2-4-10(5-3-9)8-11(13)14-7-6-12;1-8(10)11-7-9-5-3-2-4-6-9;1-6-5-7(6)8(2,3)4;3*1-2/h9-10,12H,2-8H2,1H3;2-6H,7H2,1H3;5,7H,1-4H3;3*1-2H3. The number of benzene rings is 1. The SMILES string of the molecule is CC.CC.CC.CC(=O)OCc1ccccc1.CC1=CC1C(C)(C)C.CC1CCC(CC(=O)OCCO)CC1. The Morgan fingerprint density at radius 2 is 1.38 bits per heavy atom. The van der Waals surface area contributed by atoms with Crippen LogP contribution in [0, 0.1) is 23.2 Å². The zero-order chi connectivity index (χ0) is 30.9. The van der Waals surface area contributed by atoms with Gasteiger partial charge in [-0.15, -0.1) is 0 Å². The first-order valence-corrected chi connectivity index (χ1v) is 15.1. The summed E-state index contributed by atoms with van der Waals surface area (Å²) >= 11 is 0. The minimum absolute atomic E-state index is 0.0760. The van der Waals surface area contributed by atoms with Crippen LogP contribution in [-0.2, 0) is 25.7 Å². The lowest BCUT2D eigenvalue weighted by Gasteiger charge is -2.25. The summed E-state index contributed by atoms with van der Waals surface area (Å²) in [4.78, 5) is 21.6. The molecule has 39 heavy (non-hydrogen) atoms. The van der Waals surface area contributed by atoms with Crippen LogP contribution < -0.4 is 0 Å². The van der Waals surface area contributed by atoms with Crippen molar-refractivity contribution in [3.05, 3.63) is 47.5 Å². The largest absolute Gasteiger partial charge is 0.463 e. The Balaban J connectivity index is -0.000000465. The van der Waals surface area contributed by atoms with Gasteiger partial charge in [0.1, 0.15) is 13.2 Å². The maximum absolute atomic E-state index is 11.2. The van der Waals surface area contributed by atoms with Crippen molar-refractivity contribution in [3.8, 4) is 0 Å². The second-order valence-corrected chi connectivity index (χ2v) is 10.3. The third-order valence-electron chi connectivity index (χ3n) is 5.97. The molecule has 0 bridgehead atoms. The van der Waals surface area contributed by atoms with Crippen LogP contribution >= 0.6 is 0 Å². The Labute approximate surface area is 241 Å². The average Bonchev–Trinajstić information content (AvgIpc) is 3.70. The van der Waals surface area contributed by atoms with Crippen molar-refractivity contribution >= 4 is 11.9 Å². The number of esters is 2. The van der Waals surface area contributed by atoms with E-state index < -0.39 is 0 Å². The second kappa shape index (κ2) is 26.1. The molecule has 0 aliphatic heterocycles. The summed E-state index contributed by atoms with van der Waals surface area (Å²) < 4.78 is 9.62. The number of carbonyl (C=O) groups is 2. The van der Waals surface area contributed by atoms with Gasteiger partial charge in [0.2, 0.25) is 0 Å². The first-order chi connectivity index (χ1) is 18.5. The van der Waals surface area contributed by atoms with Crippen molar-refractivity contribution in [2.24, 2.45) is 23.2 Å². The molecule has 2 aliphatic carbocycles. The van der Waals surface area contributed by atoms with E-state index in [4.69, 9.17) is 14.6 Å². The van der Waals surface area contributed by atoms with Gasteiger partial charge in [-0.2, -0.15) is 0 Å². The molecule has 0 aromatic heterocycles. The van der Waals surface area contributed by atoms with Gasteiger partial charge in [0.25, 0.3) is 0 Å². The van der Waals surface area contributed by atoms with Gasteiger partial charge < -0.3 is 14.6 Å². The first-order valence-electron chi connectivity index (χ1n) is 15.1. The minimum Gasteiger partial charge on any atom is -0.463 e. The molecule has 1 fully saturated rings. The summed E-state index contributed by atoms with van der Waals surface area (Å²) in [6, 6.07) is 9.60. The average molecular weight is 551 g/mol. The number of carbonyl (C=O) groups excluding carboxylic acids is 2. The number of aliphatic hydroxyl groups is 1. The molecule has 0 spiro atoms. The van der Waals surface area contributed by atoms with Gasteiger partial charge in [0, 0.05) is 19.3 Å². The molecule has 3 rings (SSSR count). The molecule has 1 atom stereocenters. The van der Waals surface area contributed by atoms with Crippen molar-refractivity contribution in [2.75, 3.05) is 13.2 Å². The highest BCUT2D eigenvalue weighted by Crippen LogP contribution is 2.42. The van der Waals surface area contributed by atoms with Gasteiger partial charge in [0.05, 0.1) is 6.61 Å². The van der Waals surface area contributed by atoms with Gasteiger partial charge >= 0.3 is 11.9 Å². The van der Waals surface area contributed by atoms with Crippen LogP contribution in [0.2, 0.25) is 0 Å². The minimum atomic E-state index is -0.242. The summed E-state index contributed by atoms with van der Waals surface area (Å²) in [5, 5.41) is 8.48. The summed E-state index contributed by atoms with van der Waals surface area (Å²) in [6.45, 7) is 25.2. The zero-order valence-corrected chi connectivity index (χ0v) is 27.4. The van der Waals surface area contributed by atoms with Gasteiger partial charge in [-0.1, -0.05) is 124 Å². The molecule has 2 aliphatic rings. The number of hydrogen-bond donors (Lipinski definition) is 1. The van der Waals surface area contributed by atoms with E-state index in [0.717, 1.165) is 30.2 Å². The monoisotopic (exact) mass is 550 g/mol. The van der Waals surface area contributed by atoms with Crippen LogP contribution in [0.5, 0.6) is 0 Å². The molecule has 1 aromatic carbocycles. The maximum Gasteiger partial charge on any atom is 0.306 e. The molecule has 0 heterocycles. The molecule has 1 aromatic rings. The smallest absolute Gasteiger partial charge is 0.306 e. The third-order valence-corrected chi connectivity index (χ3v) is 5.97. The summed E-state index contributed by atoms with van der Waals surface area (Å²) in [5.41, 5.74) is 3.07. The highest BCUT2D eigenvalue weighted by Gasteiger charge is 2.32. The van der Waals surface area contributed by atoms with Crippen molar-refractivity contribution < 1.29 is 24.2 Å². The highest BCUT2D eigenvalue weighted by atomic mass is 16.5. The molecule has 1 N–H and O–H groups in total. The lowest BCUT2D eigenvalue weighted by molar-refractivity contribution is -0.146. The van der Waals surface area contributed by atoms with Gasteiger partial charge in [0.15, 0.2) is 0 Å². The van der Waals surface area contributed by atoms with E-state index in [1.165, 1.54) is 19.8 Å². The van der Waals surface area contributed by atoms with Crippen molar-refractivity contribution in [1.29, 1.82) is 0 Å². The lowest BCUT2D eigenvalue weighted by Crippen LogP contribution is -2.18. The Kier molecular flexibility index (Phi) is 27.7. The molecule has 1 unspecified atom stereocenters. The number of rotatable bonds is 6. The fourth-order valence-electron chi connectivity index (χ4n) is 3.89. The fourth-order valence-corrected chi connectivity index (χ4v) is 3.89. The normalized spacial score (nSPS) is 18.5. The molecule has 0 saturated heterocycles. The number of aliphatic hydroxyl groups excluding tert-OH is 1. The van der Waals surface area contributed by atoms with Crippen LogP contribution in [0.4, 0.5) is 0 Å². The maximum atomic E-state index is 11.2. The summed E-state index contributed by atoms with van der Waals surface area (Å²) in [5.74, 6) is 1.74. The Bertz CT molecular complexity index is 726. The van der Waals surface area contributed by atoms with E-state index in [9.17, 15) is 9.59 Å². The summed E-state index contributed by atoms with van der Waals surface area (Å²) in [7, 11) is 0. The van der Waals surface area contributed by atoms with Crippen LogP contribution in [0.15, 0.2) is 42.0 Å². The van der Waals surface area contributed by atoms with E-state index >= 15 is 0 Å². The molecule has 0 amide bonds. The highest BCUT2D eigenvalue weighted by molar-refractivity contribution is 5.69. The van der Waals surface area contributed by atoms with Crippen LogP contribution in [0.1, 0.15) is 121 Å². The van der Waals surface area contributed by atoms with E-state index in [1.54, 1.807) is 5.57 Å². The molecular weight excluding hydrogens is 488 g/mol. The van der Waals surface area contributed by atoms with E-state index in [1.807, 2.05) is 71.9 Å². The van der Waals surface area contributed by atoms with Gasteiger partial charge in [-0.05, 0) is 42.6 Å². The predicted octanol–water partition coefficient (Wildman–Crippen LogP) is 9.18. The Morgan fingerprint density at radius 1 is 0.897 bits per heavy atom. The number of hydrogen-bond acceptors (Lipinski definition) is 5. The van der Waals surface area contributed by atoms with Crippen molar-refractivity contribution in [1.82, 2.24) is 0 Å². The molecular formula is C34H62O5. The molecule has 1 saturated carbocycles. The van der Waals surface area contributed by atoms with E-state index in [0.29, 0.717) is 24.4 Å². The first kappa shape index (κ1) is 41.3. The van der Waals surface area contributed by atoms with Crippen LogP contribution in [0.25, 0.3) is 0 Å². The third kappa shape index (κ3) is 24.6. The number of ether oxygens (including phenoxy) is 2.